The maximum absolute atomic E-state index is 2.40. The molecule has 0 N–H and O–H groups in total. The van der Waals surface area contributed by atoms with E-state index in [-0.39, 0.29) is 0 Å². The van der Waals surface area contributed by atoms with Gasteiger partial charge in [-0.2, -0.15) is 0 Å². The average molecular weight is 260 g/mol. The lowest BCUT2D eigenvalue weighted by Crippen LogP contribution is -2.07. The average Bonchev–Trinajstić information content (AvgIpc) is 2.59. The number of hydrogen-bond donors (Lipinski definition) is 0. The van der Waals surface area contributed by atoms with Gasteiger partial charge in [0.15, 0.2) is 0 Å². The van der Waals surface area contributed by atoms with E-state index in [0.717, 1.165) is 36.0 Å². The number of aryl methyl sites for hydroxylation is 2. The fraction of sp³-hybridized carbons (Fsp3) is 0.684. The van der Waals surface area contributed by atoms with Crippen LogP contribution in [-0.4, -0.2) is 0 Å². The van der Waals surface area contributed by atoms with Crippen LogP contribution in [0.3, 0.4) is 0 Å². The summed E-state index contributed by atoms with van der Waals surface area (Å²) in [7, 11) is 0. The minimum Gasteiger partial charge on any atom is -0.0620 e. The Hall–Kier alpha value is -0.780. The third-order valence-electron chi connectivity index (χ3n) is 5.68. The number of benzene rings is 1. The molecule has 0 radical (unpaired) electrons. The maximum Gasteiger partial charge on any atom is -0.0307 e. The molecule has 0 amide bonds. The van der Waals surface area contributed by atoms with E-state index < -0.39 is 0 Å². The van der Waals surface area contributed by atoms with Crippen LogP contribution in [-0.2, 0) is 6.42 Å². The second-order valence-corrected chi connectivity index (χ2v) is 6.63. The summed E-state index contributed by atoms with van der Waals surface area (Å²) in [4.78, 5) is 0. The molecule has 0 unspecified atom stereocenters. The van der Waals surface area contributed by atoms with Gasteiger partial charge in [0, 0.05) is 0 Å². The lowest BCUT2D eigenvalue weighted by molar-refractivity contribution is 0.352. The first-order valence-corrected chi connectivity index (χ1v) is 7.94. The van der Waals surface area contributed by atoms with Crippen LogP contribution >= 0.6 is 0 Å². The van der Waals surface area contributed by atoms with Gasteiger partial charge in [0.05, 0.1) is 0 Å². The second-order valence-electron chi connectivity index (χ2n) is 6.63. The Morgan fingerprint density at radius 2 is 1.00 bits per heavy atom. The first-order valence-electron chi connectivity index (χ1n) is 7.94. The first-order chi connectivity index (χ1) is 8.88. The second kappa shape index (κ2) is 7.12. The predicted molar refractivity (Wildman–Crippen MR) is 86.4 cm³/mol. The quantitative estimate of drug-likeness (QED) is 0.604. The molecule has 1 saturated carbocycles. The van der Waals surface area contributed by atoms with E-state index in [9.17, 15) is 0 Å². The molecule has 2 rings (SSSR count). The Kier molecular flexibility index (Phi) is 6.10. The summed E-state index contributed by atoms with van der Waals surface area (Å²) in [6.07, 6.45) is 1.14. The van der Waals surface area contributed by atoms with Crippen molar-refractivity contribution in [2.75, 3.05) is 0 Å². The molecule has 1 aromatic rings. The summed E-state index contributed by atoms with van der Waals surface area (Å²) >= 11 is 0. The van der Waals surface area contributed by atoms with Crippen molar-refractivity contribution < 1.29 is 0 Å². The van der Waals surface area contributed by atoms with E-state index in [1.165, 1.54) is 11.1 Å². The van der Waals surface area contributed by atoms with Crippen molar-refractivity contribution in [1.29, 1.82) is 0 Å². The summed E-state index contributed by atoms with van der Waals surface area (Å²) in [5.41, 5.74) is 2.76. The van der Waals surface area contributed by atoms with Gasteiger partial charge in [-0.3, -0.25) is 0 Å². The minimum atomic E-state index is 0.935. The van der Waals surface area contributed by atoms with E-state index >= 15 is 0 Å². The highest BCUT2D eigenvalue weighted by Gasteiger charge is 2.38. The minimum absolute atomic E-state index is 0.935. The molecule has 0 nitrogen and oxygen atoms in total. The summed E-state index contributed by atoms with van der Waals surface area (Å²) in [5.74, 6) is 4.68. The van der Waals surface area contributed by atoms with Gasteiger partial charge in [0.2, 0.25) is 0 Å². The molecule has 0 aliphatic heterocycles. The van der Waals surface area contributed by atoms with Crippen molar-refractivity contribution in [3.05, 3.63) is 35.4 Å². The SMILES string of the molecule is CC1C(C)C(C)C(C)C1C.CCc1ccc(C)cc1. The van der Waals surface area contributed by atoms with Crippen LogP contribution in [0.1, 0.15) is 52.7 Å². The van der Waals surface area contributed by atoms with E-state index in [0.29, 0.717) is 0 Å². The van der Waals surface area contributed by atoms with Crippen molar-refractivity contribution in [1.82, 2.24) is 0 Å². The molecule has 1 aliphatic rings. The van der Waals surface area contributed by atoms with Crippen LogP contribution in [0.25, 0.3) is 0 Å². The Bertz CT molecular complexity index is 317. The molecule has 1 fully saturated rings. The molecule has 19 heavy (non-hydrogen) atoms. The molecule has 0 heteroatoms. The fourth-order valence-electron chi connectivity index (χ4n) is 3.22. The number of rotatable bonds is 1. The largest absolute Gasteiger partial charge is 0.0620 e. The fourth-order valence-corrected chi connectivity index (χ4v) is 3.22. The predicted octanol–water partition coefficient (Wildman–Crippen LogP) is 5.74. The van der Waals surface area contributed by atoms with Gasteiger partial charge < -0.3 is 0 Å². The molecule has 0 saturated heterocycles. The van der Waals surface area contributed by atoms with Crippen molar-refractivity contribution in [3.8, 4) is 0 Å². The molecular formula is C19H32. The van der Waals surface area contributed by atoms with Crippen LogP contribution in [0.5, 0.6) is 0 Å². The highest BCUT2D eigenvalue weighted by molar-refractivity contribution is 5.20. The van der Waals surface area contributed by atoms with Crippen LogP contribution in [0.2, 0.25) is 0 Å². The smallest absolute Gasteiger partial charge is 0.0307 e. The Morgan fingerprint density at radius 3 is 1.26 bits per heavy atom. The highest BCUT2D eigenvalue weighted by Crippen LogP contribution is 2.44. The van der Waals surface area contributed by atoms with Gasteiger partial charge in [-0.05, 0) is 48.5 Å². The monoisotopic (exact) mass is 260 g/mol. The normalized spacial score (nSPS) is 33.7. The highest BCUT2D eigenvalue weighted by atomic mass is 14.4. The van der Waals surface area contributed by atoms with Crippen molar-refractivity contribution in [3.63, 3.8) is 0 Å². The van der Waals surface area contributed by atoms with Crippen molar-refractivity contribution in [2.24, 2.45) is 29.6 Å². The summed E-state index contributed by atoms with van der Waals surface area (Å²) in [6, 6.07) is 8.66. The lowest BCUT2D eigenvalue weighted by Gasteiger charge is -2.14. The number of hydrogen-bond acceptors (Lipinski definition) is 0. The van der Waals surface area contributed by atoms with Crippen molar-refractivity contribution >= 4 is 0 Å². The summed E-state index contributed by atoms with van der Waals surface area (Å²) in [6.45, 7) is 16.3. The zero-order valence-corrected chi connectivity index (χ0v) is 13.9. The van der Waals surface area contributed by atoms with E-state index in [1.54, 1.807) is 0 Å². The Labute approximate surface area is 120 Å². The molecule has 0 spiro atoms. The third kappa shape index (κ3) is 4.09. The van der Waals surface area contributed by atoms with Gasteiger partial charge in [-0.15, -0.1) is 0 Å². The molecule has 108 valence electrons. The molecule has 0 aromatic heterocycles. The molecule has 1 aromatic carbocycles. The van der Waals surface area contributed by atoms with Gasteiger partial charge in [0.1, 0.15) is 0 Å². The topological polar surface area (TPSA) is 0 Å². The maximum atomic E-state index is 2.40. The molecule has 0 bridgehead atoms. The van der Waals surface area contributed by atoms with E-state index in [4.69, 9.17) is 0 Å². The first kappa shape index (κ1) is 16.3. The third-order valence-corrected chi connectivity index (χ3v) is 5.68. The van der Waals surface area contributed by atoms with Crippen molar-refractivity contribution in [2.45, 2.75) is 54.9 Å². The van der Waals surface area contributed by atoms with Crippen LogP contribution in [0.4, 0.5) is 0 Å². The zero-order valence-electron chi connectivity index (χ0n) is 13.9. The van der Waals surface area contributed by atoms with Gasteiger partial charge in [-0.1, -0.05) is 71.4 Å². The molecule has 0 atom stereocenters. The van der Waals surface area contributed by atoms with Crippen LogP contribution in [0.15, 0.2) is 24.3 Å². The van der Waals surface area contributed by atoms with Gasteiger partial charge >= 0.3 is 0 Å². The van der Waals surface area contributed by atoms with E-state index in [2.05, 4.69) is 72.7 Å². The standard InChI is InChI=1S/C10H20.C9H12/c1-6-7(2)9(4)10(5)8(6)3;1-3-9-6-4-8(2)5-7-9/h6-10H,1-5H3;4-7H,3H2,1-2H3. The Balaban J connectivity index is 0.000000191. The lowest BCUT2D eigenvalue weighted by atomic mass is 9.92. The Morgan fingerprint density at radius 1 is 0.684 bits per heavy atom. The van der Waals surface area contributed by atoms with Gasteiger partial charge in [0.25, 0.3) is 0 Å². The molecule has 0 heterocycles. The van der Waals surface area contributed by atoms with Crippen LogP contribution in [0, 0.1) is 36.5 Å². The molecular weight excluding hydrogens is 228 g/mol. The molecule has 1 aliphatic carbocycles. The summed E-state index contributed by atoms with van der Waals surface area (Å²) < 4.78 is 0. The van der Waals surface area contributed by atoms with Gasteiger partial charge in [-0.25, -0.2) is 0 Å². The van der Waals surface area contributed by atoms with E-state index in [1.807, 2.05) is 0 Å². The zero-order chi connectivity index (χ0) is 14.6. The van der Waals surface area contributed by atoms with Crippen LogP contribution < -0.4 is 0 Å². The summed E-state index contributed by atoms with van der Waals surface area (Å²) in [5, 5.41) is 0.